The highest BCUT2D eigenvalue weighted by Crippen LogP contribution is 2.24. The van der Waals surface area contributed by atoms with Crippen molar-refractivity contribution >= 4 is 29.4 Å². The number of H-pyrrole nitrogens is 1. The molecule has 0 aliphatic carbocycles. The van der Waals surface area contributed by atoms with Crippen LogP contribution in [0, 0.1) is 24.0 Å². The smallest absolute Gasteiger partial charge is 0.272 e. The summed E-state index contributed by atoms with van der Waals surface area (Å²) in [5.41, 5.74) is 6.64. The third-order valence-electron chi connectivity index (χ3n) is 4.17. The first-order valence-electron chi connectivity index (χ1n) is 8.25. The van der Waals surface area contributed by atoms with Crippen LogP contribution in [0.25, 0.3) is 11.3 Å². The zero-order valence-electron chi connectivity index (χ0n) is 15.1. The van der Waals surface area contributed by atoms with E-state index >= 15 is 0 Å². The second kappa shape index (κ2) is 8.01. The number of aromatic amines is 1. The fourth-order valence-corrected chi connectivity index (χ4v) is 2.65. The van der Waals surface area contributed by atoms with Crippen molar-refractivity contribution in [2.24, 2.45) is 5.10 Å². The van der Waals surface area contributed by atoms with Crippen LogP contribution in [0.5, 0.6) is 0 Å². The van der Waals surface area contributed by atoms with E-state index in [0.717, 1.165) is 11.1 Å². The predicted molar refractivity (Wildman–Crippen MR) is 107 cm³/mol. The summed E-state index contributed by atoms with van der Waals surface area (Å²) in [6, 6.07) is 11.8. The van der Waals surface area contributed by atoms with Gasteiger partial charge in [-0.1, -0.05) is 29.8 Å². The Bertz CT molecular complexity index is 1090. The van der Waals surface area contributed by atoms with Gasteiger partial charge in [0, 0.05) is 17.2 Å². The minimum Gasteiger partial charge on any atom is -0.272 e. The molecule has 0 aliphatic heterocycles. The van der Waals surface area contributed by atoms with E-state index in [1.807, 2.05) is 32.0 Å². The van der Waals surface area contributed by atoms with Gasteiger partial charge in [-0.3, -0.25) is 20.0 Å². The standard InChI is InChI=1S/C19H16ClN5O3/c1-11-3-5-14(7-12(11)2)16-9-17(23-22-16)19(26)24-21-10-13-4-6-15(20)18(8-13)25(27)28/h3-10H,1-2H3,(H,22,23)(H,24,26)/b21-10+. The molecule has 28 heavy (non-hydrogen) atoms. The van der Waals surface area contributed by atoms with Gasteiger partial charge in [0.1, 0.15) is 10.7 Å². The van der Waals surface area contributed by atoms with Crippen molar-refractivity contribution in [3.05, 3.63) is 80.0 Å². The Morgan fingerprint density at radius 1 is 1.21 bits per heavy atom. The lowest BCUT2D eigenvalue weighted by Gasteiger charge is -2.01. The summed E-state index contributed by atoms with van der Waals surface area (Å²) in [7, 11) is 0. The summed E-state index contributed by atoms with van der Waals surface area (Å²) in [5, 5.41) is 21.6. The molecule has 0 fully saturated rings. The van der Waals surface area contributed by atoms with Crippen molar-refractivity contribution in [1.82, 2.24) is 15.6 Å². The number of aryl methyl sites for hydroxylation is 2. The summed E-state index contributed by atoms with van der Waals surface area (Å²) in [4.78, 5) is 22.5. The van der Waals surface area contributed by atoms with Crippen molar-refractivity contribution in [3.63, 3.8) is 0 Å². The molecule has 9 heteroatoms. The van der Waals surface area contributed by atoms with Gasteiger partial charge in [-0.2, -0.15) is 10.2 Å². The third-order valence-corrected chi connectivity index (χ3v) is 4.49. The molecule has 1 heterocycles. The molecule has 3 aromatic rings. The summed E-state index contributed by atoms with van der Waals surface area (Å²) in [6.45, 7) is 4.03. The first-order chi connectivity index (χ1) is 13.3. The summed E-state index contributed by atoms with van der Waals surface area (Å²) in [6.07, 6.45) is 1.29. The lowest BCUT2D eigenvalue weighted by atomic mass is 10.0. The number of amides is 1. The van der Waals surface area contributed by atoms with Gasteiger partial charge in [0.05, 0.1) is 16.8 Å². The predicted octanol–water partition coefficient (Wildman–Crippen LogP) is 4.02. The first-order valence-corrected chi connectivity index (χ1v) is 8.63. The summed E-state index contributed by atoms with van der Waals surface area (Å²) < 4.78 is 0. The van der Waals surface area contributed by atoms with E-state index in [1.54, 1.807) is 12.1 Å². The molecule has 3 rings (SSSR count). The Morgan fingerprint density at radius 2 is 2.00 bits per heavy atom. The molecule has 0 saturated heterocycles. The number of nitrogens with zero attached hydrogens (tertiary/aromatic N) is 3. The Kier molecular flexibility index (Phi) is 5.51. The molecule has 142 valence electrons. The van der Waals surface area contributed by atoms with E-state index in [4.69, 9.17) is 11.6 Å². The van der Waals surface area contributed by atoms with Crippen LogP contribution in [-0.2, 0) is 0 Å². The number of nitrogens with one attached hydrogen (secondary N) is 2. The highest BCUT2D eigenvalue weighted by molar-refractivity contribution is 6.32. The minimum absolute atomic E-state index is 0.0301. The van der Waals surface area contributed by atoms with Crippen molar-refractivity contribution in [2.45, 2.75) is 13.8 Å². The Labute approximate surface area is 165 Å². The molecular weight excluding hydrogens is 382 g/mol. The molecule has 2 aromatic carbocycles. The van der Waals surface area contributed by atoms with E-state index in [2.05, 4.69) is 20.7 Å². The summed E-state index contributed by atoms with van der Waals surface area (Å²) >= 11 is 5.76. The molecule has 0 aliphatic rings. The topological polar surface area (TPSA) is 113 Å². The van der Waals surface area contributed by atoms with Gasteiger partial charge in [-0.15, -0.1) is 0 Å². The molecule has 0 saturated carbocycles. The largest absolute Gasteiger partial charge is 0.289 e. The molecule has 0 atom stereocenters. The maximum Gasteiger partial charge on any atom is 0.289 e. The zero-order chi connectivity index (χ0) is 20.3. The Balaban J connectivity index is 1.69. The first kappa shape index (κ1) is 19.2. The Morgan fingerprint density at radius 3 is 2.71 bits per heavy atom. The van der Waals surface area contributed by atoms with Crippen LogP contribution in [-0.4, -0.2) is 27.2 Å². The number of nitro benzene ring substituents is 1. The minimum atomic E-state index is -0.586. The molecule has 0 spiro atoms. The van der Waals surface area contributed by atoms with Gasteiger partial charge >= 0.3 is 0 Å². The second-order valence-corrected chi connectivity index (χ2v) is 6.54. The van der Waals surface area contributed by atoms with Crippen LogP contribution in [0.2, 0.25) is 5.02 Å². The number of carbonyl (C=O) groups is 1. The van der Waals surface area contributed by atoms with Crippen LogP contribution in [0.15, 0.2) is 47.6 Å². The number of aromatic nitrogens is 2. The van der Waals surface area contributed by atoms with Crippen molar-refractivity contribution in [1.29, 1.82) is 0 Å². The lowest BCUT2D eigenvalue weighted by molar-refractivity contribution is -0.384. The van der Waals surface area contributed by atoms with Crippen molar-refractivity contribution < 1.29 is 9.72 Å². The van der Waals surface area contributed by atoms with E-state index in [-0.39, 0.29) is 16.4 Å². The molecule has 1 amide bonds. The molecular formula is C19H16ClN5O3. The molecule has 0 bridgehead atoms. The molecule has 1 aromatic heterocycles. The SMILES string of the molecule is Cc1ccc(-c2cc(C(=O)N/N=C/c3ccc(Cl)c([N+](=O)[O-])c3)[nH]n2)cc1C. The van der Waals surface area contributed by atoms with Crippen LogP contribution >= 0.6 is 11.6 Å². The maximum atomic E-state index is 12.2. The van der Waals surface area contributed by atoms with Crippen molar-refractivity contribution in [2.75, 3.05) is 0 Å². The van der Waals surface area contributed by atoms with Gasteiger partial charge in [0.15, 0.2) is 0 Å². The van der Waals surface area contributed by atoms with Gasteiger partial charge in [0.2, 0.25) is 0 Å². The van der Waals surface area contributed by atoms with E-state index in [9.17, 15) is 14.9 Å². The van der Waals surface area contributed by atoms with Crippen LogP contribution in [0.1, 0.15) is 27.2 Å². The number of benzene rings is 2. The van der Waals surface area contributed by atoms with Gasteiger partial charge in [-0.25, -0.2) is 5.43 Å². The fourth-order valence-electron chi connectivity index (χ4n) is 2.46. The average molecular weight is 398 g/mol. The average Bonchev–Trinajstić information content (AvgIpc) is 3.15. The van der Waals surface area contributed by atoms with Crippen LogP contribution < -0.4 is 5.43 Å². The van der Waals surface area contributed by atoms with Crippen molar-refractivity contribution in [3.8, 4) is 11.3 Å². The molecule has 8 nitrogen and oxygen atoms in total. The number of hydrazone groups is 1. The highest BCUT2D eigenvalue weighted by atomic mass is 35.5. The maximum absolute atomic E-state index is 12.2. The second-order valence-electron chi connectivity index (χ2n) is 6.13. The number of rotatable bonds is 5. The number of hydrogen-bond acceptors (Lipinski definition) is 5. The Hall–Kier alpha value is -3.52. The number of hydrogen-bond donors (Lipinski definition) is 2. The third kappa shape index (κ3) is 4.24. The zero-order valence-corrected chi connectivity index (χ0v) is 15.8. The van der Waals surface area contributed by atoms with E-state index in [1.165, 1.54) is 23.9 Å². The van der Waals surface area contributed by atoms with Gasteiger partial charge in [-0.05, 0) is 43.2 Å². The number of nitro groups is 1. The summed E-state index contributed by atoms with van der Waals surface area (Å²) in [5.74, 6) is -0.484. The normalized spacial score (nSPS) is 11.0. The van der Waals surface area contributed by atoms with Gasteiger partial charge in [0.25, 0.3) is 11.6 Å². The molecule has 0 unspecified atom stereocenters. The molecule has 2 N–H and O–H groups in total. The van der Waals surface area contributed by atoms with E-state index in [0.29, 0.717) is 11.3 Å². The van der Waals surface area contributed by atoms with Gasteiger partial charge < -0.3 is 0 Å². The number of carbonyl (C=O) groups excluding carboxylic acids is 1. The number of halogens is 1. The van der Waals surface area contributed by atoms with Crippen LogP contribution in [0.4, 0.5) is 5.69 Å². The molecule has 0 radical (unpaired) electrons. The monoisotopic (exact) mass is 397 g/mol. The quantitative estimate of drug-likeness (QED) is 0.384. The lowest BCUT2D eigenvalue weighted by Crippen LogP contribution is -2.18. The highest BCUT2D eigenvalue weighted by Gasteiger charge is 2.13. The van der Waals surface area contributed by atoms with Crippen LogP contribution in [0.3, 0.4) is 0 Å². The fraction of sp³-hybridized carbons (Fsp3) is 0.105. The van der Waals surface area contributed by atoms with E-state index < -0.39 is 10.8 Å².